The predicted molar refractivity (Wildman–Crippen MR) is 162 cm³/mol. The molecule has 2 N–H and O–H groups in total. The zero-order valence-electron chi connectivity index (χ0n) is 23.9. The molecular formula is C32H35N7O2. The average molecular weight is 550 g/mol. The number of pyridine rings is 2. The van der Waals surface area contributed by atoms with Crippen LogP contribution in [0.3, 0.4) is 0 Å². The molecule has 4 aromatic rings. The van der Waals surface area contributed by atoms with Crippen molar-refractivity contribution in [3.05, 3.63) is 83.1 Å². The molecule has 0 unspecified atom stereocenters. The summed E-state index contributed by atoms with van der Waals surface area (Å²) >= 11 is 0. The van der Waals surface area contributed by atoms with Gasteiger partial charge in [0.25, 0.3) is 0 Å². The number of nitrogens with one attached hydrogen (secondary N) is 2. The molecule has 0 aliphatic carbocycles. The zero-order valence-corrected chi connectivity index (χ0v) is 23.9. The Labute approximate surface area is 240 Å². The van der Waals surface area contributed by atoms with Crippen LogP contribution in [0.2, 0.25) is 0 Å². The Morgan fingerprint density at radius 1 is 1.10 bits per heavy atom. The SMILES string of the molecule is Cc1c(Nc2c(C#N)cncc2C=Cc2ccc(CN3CCN(C(=O)OC(C)(C)C)CC3)cn2)ccc2[nH]ccc12. The molecule has 1 aliphatic heterocycles. The van der Waals surface area contributed by atoms with E-state index in [0.29, 0.717) is 24.3 Å². The Balaban J connectivity index is 1.24. The molecule has 0 atom stereocenters. The summed E-state index contributed by atoms with van der Waals surface area (Å²) in [7, 11) is 0. The monoisotopic (exact) mass is 549 g/mol. The van der Waals surface area contributed by atoms with Crippen molar-refractivity contribution in [1.29, 1.82) is 5.26 Å². The van der Waals surface area contributed by atoms with E-state index in [9.17, 15) is 10.1 Å². The number of fused-ring (bicyclic) bond motifs is 1. The average Bonchev–Trinajstić information content (AvgIpc) is 3.44. The van der Waals surface area contributed by atoms with Crippen molar-refractivity contribution in [3.8, 4) is 6.07 Å². The first kappa shape index (κ1) is 27.9. The first-order valence-electron chi connectivity index (χ1n) is 13.8. The molecule has 3 aromatic heterocycles. The van der Waals surface area contributed by atoms with E-state index in [4.69, 9.17) is 4.74 Å². The lowest BCUT2D eigenvalue weighted by Crippen LogP contribution is -2.49. The molecule has 0 spiro atoms. The minimum atomic E-state index is -0.486. The molecule has 0 radical (unpaired) electrons. The minimum absolute atomic E-state index is 0.249. The van der Waals surface area contributed by atoms with Crippen LogP contribution in [0.5, 0.6) is 0 Å². The van der Waals surface area contributed by atoms with Crippen molar-refractivity contribution in [2.75, 3.05) is 31.5 Å². The molecule has 1 amide bonds. The maximum Gasteiger partial charge on any atom is 0.410 e. The Morgan fingerprint density at radius 2 is 1.90 bits per heavy atom. The zero-order chi connectivity index (χ0) is 29.0. The van der Waals surface area contributed by atoms with Crippen LogP contribution in [0.25, 0.3) is 23.1 Å². The normalized spacial score (nSPS) is 14.4. The third-order valence-corrected chi connectivity index (χ3v) is 7.07. The number of H-pyrrole nitrogens is 1. The number of benzene rings is 1. The fourth-order valence-corrected chi connectivity index (χ4v) is 4.86. The van der Waals surface area contributed by atoms with Crippen LogP contribution in [0.1, 0.15) is 48.7 Å². The quantitative estimate of drug-likeness (QED) is 0.299. The highest BCUT2D eigenvalue weighted by atomic mass is 16.6. The number of hydrogen-bond donors (Lipinski definition) is 2. The van der Waals surface area contributed by atoms with E-state index in [1.807, 2.05) is 69.6 Å². The second-order valence-electron chi connectivity index (χ2n) is 11.2. The summed E-state index contributed by atoms with van der Waals surface area (Å²) in [6.07, 6.45) is 10.7. The number of nitrogens with zero attached hydrogens (tertiary/aromatic N) is 5. The Hall–Kier alpha value is -4.68. The Kier molecular flexibility index (Phi) is 8.04. The third kappa shape index (κ3) is 6.73. The van der Waals surface area contributed by atoms with Gasteiger partial charge in [-0.05, 0) is 75.2 Å². The molecule has 1 fully saturated rings. The third-order valence-electron chi connectivity index (χ3n) is 7.07. The van der Waals surface area contributed by atoms with Crippen molar-refractivity contribution in [3.63, 3.8) is 0 Å². The second kappa shape index (κ2) is 11.8. The van der Waals surface area contributed by atoms with Gasteiger partial charge in [-0.1, -0.05) is 6.07 Å². The van der Waals surface area contributed by atoms with Crippen molar-refractivity contribution < 1.29 is 9.53 Å². The number of nitriles is 1. The number of carbonyl (C=O) groups excluding carboxylic acids is 1. The maximum absolute atomic E-state index is 12.3. The summed E-state index contributed by atoms with van der Waals surface area (Å²) < 4.78 is 5.49. The van der Waals surface area contributed by atoms with Crippen molar-refractivity contribution in [2.45, 2.75) is 39.8 Å². The molecule has 1 aliphatic rings. The van der Waals surface area contributed by atoms with Crippen LogP contribution in [0.4, 0.5) is 16.2 Å². The first-order valence-corrected chi connectivity index (χ1v) is 13.8. The van der Waals surface area contributed by atoms with E-state index in [1.54, 1.807) is 17.3 Å². The molecule has 210 valence electrons. The fraction of sp³-hybridized carbons (Fsp3) is 0.312. The van der Waals surface area contributed by atoms with Crippen LogP contribution >= 0.6 is 0 Å². The highest BCUT2D eigenvalue weighted by Gasteiger charge is 2.25. The number of aromatic nitrogens is 3. The van der Waals surface area contributed by atoms with Crippen molar-refractivity contribution in [2.24, 2.45) is 0 Å². The van der Waals surface area contributed by atoms with Crippen LogP contribution in [-0.4, -0.2) is 62.6 Å². The second-order valence-corrected chi connectivity index (χ2v) is 11.2. The molecule has 0 saturated carbocycles. The summed E-state index contributed by atoms with van der Waals surface area (Å²) in [5, 5.41) is 14.4. The molecule has 9 heteroatoms. The first-order chi connectivity index (χ1) is 19.7. The van der Waals surface area contributed by atoms with Crippen LogP contribution in [0.15, 0.2) is 55.1 Å². The molecule has 0 bridgehead atoms. The lowest BCUT2D eigenvalue weighted by atomic mass is 10.1. The topological polar surface area (TPSA) is 110 Å². The standard InChI is InChI=1S/C32H35N7O2/c1-22-27-11-12-35-29(27)10-9-28(22)37-30-24(19-34-20-25(30)17-33)6-8-26-7-5-23(18-36-26)21-38-13-15-39(16-14-38)31(40)41-32(2,3)4/h5-12,18-20,35H,13-16,21H2,1-4H3,(H,34,37). The largest absolute Gasteiger partial charge is 0.444 e. The molecule has 5 rings (SSSR count). The highest BCUT2D eigenvalue weighted by Crippen LogP contribution is 2.31. The lowest BCUT2D eigenvalue weighted by Gasteiger charge is -2.35. The van der Waals surface area contributed by atoms with Gasteiger partial charge in [-0.2, -0.15) is 5.26 Å². The number of rotatable bonds is 6. The van der Waals surface area contributed by atoms with Gasteiger partial charge in [0.2, 0.25) is 0 Å². The number of carbonyl (C=O) groups is 1. The number of aromatic amines is 1. The van der Waals surface area contributed by atoms with Crippen LogP contribution in [-0.2, 0) is 11.3 Å². The molecular weight excluding hydrogens is 514 g/mol. The van der Waals surface area contributed by atoms with E-state index >= 15 is 0 Å². The Morgan fingerprint density at radius 3 is 2.61 bits per heavy atom. The number of amides is 1. The summed E-state index contributed by atoms with van der Waals surface area (Å²) in [6, 6.07) is 12.4. The van der Waals surface area contributed by atoms with Crippen molar-refractivity contribution >= 4 is 40.5 Å². The van der Waals surface area contributed by atoms with Gasteiger partial charge in [-0.25, -0.2) is 4.79 Å². The van der Waals surface area contributed by atoms with E-state index in [0.717, 1.165) is 58.6 Å². The van der Waals surface area contributed by atoms with Gasteiger partial charge in [0.15, 0.2) is 0 Å². The van der Waals surface area contributed by atoms with Gasteiger partial charge in [0.05, 0.1) is 16.9 Å². The molecule has 9 nitrogen and oxygen atoms in total. The van der Waals surface area contributed by atoms with Gasteiger partial charge in [0, 0.05) is 79.7 Å². The summed E-state index contributed by atoms with van der Waals surface area (Å²) in [5.74, 6) is 0. The highest BCUT2D eigenvalue weighted by molar-refractivity contribution is 5.90. The summed E-state index contributed by atoms with van der Waals surface area (Å²) in [4.78, 5) is 28.5. The molecule has 1 saturated heterocycles. The van der Waals surface area contributed by atoms with E-state index in [-0.39, 0.29) is 6.09 Å². The molecule has 41 heavy (non-hydrogen) atoms. The predicted octanol–water partition coefficient (Wildman–Crippen LogP) is 6.10. The number of aryl methyl sites for hydroxylation is 1. The number of piperazine rings is 1. The van der Waals surface area contributed by atoms with Gasteiger partial charge in [-0.3, -0.25) is 14.9 Å². The van der Waals surface area contributed by atoms with E-state index < -0.39 is 5.60 Å². The van der Waals surface area contributed by atoms with Gasteiger partial charge in [0.1, 0.15) is 11.7 Å². The number of ether oxygens (including phenoxy) is 1. The van der Waals surface area contributed by atoms with Gasteiger partial charge >= 0.3 is 6.09 Å². The van der Waals surface area contributed by atoms with Crippen LogP contribution in [0, 0.1) is 18.3 Å². The summed E-state index contributed by atoms with van der Waals surface area (Å²) in [5.41, 5.74) is 6.51. The molecule has 4 heterocycles. The van der Waals surface area contributed by atoms with Gasteiger partial charge < -0.3 is 19.9 Å². The maximum atomic E-state index is 12.3. The molecule has 1 aromatic carbocycles. The fourth-order valence-electron chi connectivity index (χ4n) is 4.86. The van der Waals surface area contributed by atoms with Gasteiger partial charge in [-0.15, -0.1) is 0 Å². The van der Waals surface area contributed by atoms with Crippen LogP contribution < -0.4 is 5.32 Å². The van der Waals surface area contributed by atoms with E-state index in [1.165, 1.54) is 0 Å². The summed E-state index contributed by atoms with van der Waals surface area (Å²) in [6.45, 7) is 11.4. The number of anilines is 2. The minimum Gasteiger partial charge on any atom is -0.444 e. The van der Waals surface area contributed by atoms with Crippen molar-refractivity contribution in [1.82, 2.24) is 24.8 Å². The lowest BCUT2D eigenvalue weighted by molar-refractivity contribution is 0.0139. The smallest absolute Gasteiger partial charge is 0.410 e. The Bertz CT molecular complexity index is 1600. The number of hydrogen-bond acceptors (Lipinski definition) is 7. The van der Waals surface area contributed by atoms with E-state index in [2.05, 4.69) is 44.2 Å².